The maximum Gasteiger partial charge on any atom is 0.305 e. The zero-order chi connectivity index (χ0) is 15.0. The van der Waals surface area contributed by atoms with Crippen molar-refractivity contribution in [1.82, 2.24) is 9.62 Å². The van der Waals surface area contributed by atoms with E-state index in [4.69, 9.17) is 0 Å². The number of carbonyl (C=O) groups is 1. The molecule has 0 spiro atoms. The van der Waals surface area contributed by atoms with Crippen molar-refractivity contribution in [2.24, 2.45) is 0 Å². The number of ether oxygens (including phenoxy) is 1. The predicted molar refractivity (Wildman–Crippen MR) is 77.9 cm³/mol. The molecule has 0 radical (unpaired) electrons. The van der Waals surface area contributed by atoms with Crippen molar-refractivity contribution >= 4 is 16.0 Å². The highest BCUT2D eigenvalue weighted by atomic mass is 32.2. The van der Waals surface area contributed by atoms with Crippen molar-refractivity contribution < 1.29 is 17.9 Å². The molecule has 1 heterocycles. The Labute approximate surface area is 121 Å². The lowest BCUT2D eigenvalue weighted by Crippen LogP contribution is -2.45. The van der Waals surface area contributed by atoms with Gasteiger partial charge in [0.25, 0.3) is 0 Å². The molecule has 0 aromatic carbocycles. The van der Waals surface area contributed by atoms with Crippen LogP contribution < -0.4 is 4.72 Å². The molecule has 0 amide bonds. The van der Waals surface area contributed by atoms with Gasteiger partial charge in [-0.05, 0) is 45.3 Å². The highest BCUT2D eigenvalue weighted by Crippen LogP contribution is 2.12. The molecule has 0 aromatic heterocycles. The first-order valence-corrected chi connectivity index (χ1v) is 8.91. The number of hydrogen-bond acceptors (Lipinski definition) is 5. The Bertz CT molecular complexity index is 389. The molecule has 0 aromatic rings. The Morgan fingerprint density at radius 1 is 1.35 bits per heavy atom. The highest BCUT2D eigenvalue weighted by Gasteiger charge is 2.23. The van der Waals surface area contributed by atoms with Crippen LogP contribution in [0.1, 0.15) is 39.0 Å². The number of esters is 1. The van der Waals surface area contributed by atoms with E-state index in [1.807, 2.05) is 0 Å². The molecular weight excluding hydrogens is 280 g/mol. The van der Waals surface area contributed by atoms with Crippen LogP contribution in [0.2, 0.25) is 0 Å². The van der Waals surface area contributed by atoms with Crippen molar-refractivity contribution in [3.63, 3.8) is 0 Å². The summed E-state index contributed by atoms with van der Waals surface area (Å²) >= 11 is 0. The minimum atomic E-state index is -3.29. The lowest BCUT2D eigenvalue weighted by molar-refractivity contribution is -0.140. The summed E-state index contributed by atoms with van der Waals surface area (Å²) in [5.74, 6) is -0.384. The zero-order valence-electron chi connectivity index (χ0n) is 12.4. The Kier molecular flexibility index (Phi) is 7.47. The van der Waals surface area contributed by atoms with Crippen LogP contribution in [0.25, 0.3) is 0 Å². The van der Waals surface area contributed by atoms with Gasteiger partial charge < -0.3 is 9.64 Å². The second-order valence-corrected chi connectivity index (χ2v) is 7.11. The van der Waals surface area contributed by atoms with Crippen LogP contribution in [0, 0.1) is 0 Å². The van der Waals surface area contributed by atoms with Crippen LogP contribution in [0.15, 0.2) is 0 Å². The minimum Gasteiger partial charge on any atom is -0.469 e. The van der Waals surface area contributed by atoms with Gasteiger partial charge in [-0.2, -0.15) is 0 Å². The van der Waals surface area contributed by atoms with Crippen molar-refractivity contribution in [1.29, 1.82) is 0 Å². The average Bonchev–Trinajstić information content (AvgIpc) is 2.40. The summed E-state index contributed by atoms with van der Waals surface area (Å²) in [5, 5.41) is 0. The molecule has 0 bridgehead atoms. The fourth-order valence-electron chi connectivity index (χ4n) is 2.41. The van der Waals surface area contributed by atoms with Crippen LogP contribution in [0.3, 0.4) is 0 Å². The quantitative estimate of drug-likeness (QED) is 0.669. The molecule has 1 fully saturated rings. The van der Waals surface area contributed by atoms with Gasteiger partial charge in [-0.15, -0.1) is 0 Å². The van der Waals surface area contributed by atoms with Gasteiger partial charge in [-0.25, -0.2) is 13.1 Å². The molecule has 6 nitrogen and oxygen atoms in total. The number of piperidine rings is 1. The summed E-state index contributed by atoms with van der Waals surface area (Å²) in [5.41, 5.74) is 0. The second kappa shape index (κ2) is 8.59. The first kappa shape index (κ1) is 17.4. The molecule has 1 N–H and O–H groups in total. The Hall–Kier alpha value is -0.660. The van der Waals surface area contributed by atoms with Crippen LogP contribution in [0.4, 0.5) is 0 Å². The average molecular weight is 306 g/mol. The molecule has 1 aliphatic heterocycles. The summed E-state index contributed by atoms with van der Waals surface area (Å²) in [7, 11) is -1.99. The molecule has 0 atom stereocenters. The van der Waals surface area contributed by atoms with E-state index in [9.17, 15) is 13.2 Å². The van der Waals surface area contributed by atoms with Crippen molar-refractivity contribution in [2.45, 2.75) is 45.1 Å². The number of carbonyl (C=O) groups excluding carboxylic acids is 1. The second-order valence-electron chi connectivity index (χ2n) is 5.23. The Morgan fingerprint density at radius 2 is 2.00 bits per heavy atom. The number of nitrogens with one attached hydrogen (secondary N) is 1. The molecular formula is C13H26N2O4S. The third kappa shape index (κ3) is 6.67. The molecule has 1 aliphatic rings. The largest absolute Gasteiger partial charge is 0.469 e. The van der Waals surface area contributed by atoms with E-state index in [1.54, 1.807) is 0 Å². The standard InChI is InChI=1S/C13H26N2O4S/c1-3-8-15-9-6-12(7-10-15)14-20(17,18)11-4-5-13(16)19-2/h12,14H,3-11H2,1-2H3. The number of likely N-dealkylation sites (tertiary alicyclic amines) is 1. The summed E-state index contributed by atoms with van der Waals surface area (Å²) in [6.45, 7) is 5.13. The lowest BCUT2D eigenvalue weighted by atomic mass is 10.1. The van der Waals surface area contributed by atoms with Crippen LogP contribution >= 0.6 is 0 Å². The van der Waals surface area contributed by atoms with Gasteiger partial charge in [0.2, 0.25) is 10.0 Å². The van der Waals surface area contributed by atoms with E-state index in [0.717, 1.165) is 38.9 Å². The van der Waals surface area contributed by atoms with E-state index in [-0.39, 0.29) is 24.2 Å². The molecule has 0 aliphatic carbocycles. The van der Waals surface area contributed by atoms with Gasteiger partial charge in [-0.1, -0.05) is 6.92 Å². The third-order valence-corrected chi connectivity index (χ3v) is 5.01. The molecule has 118 valence electrons. The van der Waals surface area contributed by atoms with Gasteiger partial charge in [-0.3, -0.25) is 4.79 Å². The van der Waals surface area contributed by atoms with Gasteiger partial charge >= 0.3 is 5.97 Å². The van der Waals surface area contributed by atoms with Crippen molar-refractivity contribution in [2.75, 3.05) is 32.5 Å². The van der Waals surface area contributed by atoms with Crippen molar-refractivity contribution in [3.05, 3.63) is 0 Å². The lowest BCUT2D eigenvalue weighted by Gasteiger charge is -2.31. The number of methoxy groups -OCH3 is 1. The number of hydrogen-bond donors (Lipinski definition) is 1. The van der Waals surface area contributed by atoms with Gasteiger partial charge in [0.15, 0.2) is 0 Å². The van der Waals surface area contributed by atoms with Crippen LogP contribution in [-0.2, 0) is 19.6 Å². The first-order chi connectivity index (χ1) is 9.46. The normalized spacial score (nSPS) is 18.1. The van der Waals surface area contributed by atoms with Crippen LogP contribution in [-0.4, -0.2) is 57.8 Å². The highest BCUT2D eigenvalue weighted by molar-refractivity contribution is 7.89. The van der Waals surface area contributed by atoms with E-state index in [0.29, 0.717) is 6.42 Å². The predicted octanol–water partition coefficient (Wildman–Crippen LogP) is 0.733. The SMILES string of the molecule is CCCN1CCC(NS(=O)(=O)CCCC(=O)OC)CC1. The molecule has 0 unspecified atom stereocenters. The topological polar surface area (TPSA) is 75.7 Å². The van der Waals surface area contributed by atoms with Crippen LogP contribution in [0.5, 0.6) is 0 Å². The summed E-state index contributed by atoms with van der Waals surface area (Å²) < 4.78 is 31.0. The minimum absolute atomic E-state index is 0.0166. The maximum atomic E-state index is 11.9. The maximum absolute atomic E-state index is 11.9. The van der Waals surface area contributed by atoms with Gasteiger partial charge in [0.1, 0.15) is 0 Å². The first-order valence-electron chi connectivity index (χ1n) is 7.26. The molecule has 7 heteroatoms. The number of nitrogens with zero attached hydrogens (tertiary/aromatic N) is 1. The van der Waals surface area contributed by atoms with E-state index in [1.165, 1.54) is 7.11 Å². The number of rotatable bonds is 8. The van der Waals surface area contributed by atoms with Gasteiger partial charge in [0.05, 0.1) is 12.9 Å². The Morgan fingerprint density at radius 3 is 2.55 bits per heavy atom. The zero-order valence-corrected chi connectivity index (χ0v) is 13.2. The number of sulfonamides is 1. The molecule has 1 saturated heterocycles. The third-order valence-electron chi connectivity index (χ3n) is 3.50. The molecule has 0 saturated carbocycles. The summed E-state index contributed by atoms with van der Waals surface area (Å²) in [6, 6.07) is 0.0335. The monoisotopic (exact) mass is 306 g/mol. The van der Waals surface area contributed by atoms with E-state index in [2.05, 4.69) is 21.3 Å². The van der Waals surface area contributed by atoms with Crippen molar-refractivity contribution in [3.8, 4) is 0 Å². The molecule has 1 rings (SSSR count). The fourth-order valence-corrected chi connectivity index (χ4v) is 3.80. The fraction of sp³-hybridized carbons (Fsp3) is 0.923. The summed E-state index contributed by atoms with van der Waals surface area (Å²) in [4.78, 5) is 13.3. The van der Waals surface area contributed by atoms with E-state index < -0.39 is 10.0 Å². The van der Waals surface area contributed by atoms with Gasteiger partial charge in [0, 0.05) is 12.5 Å². The summed E-state index contributed by atoms with van der Waals surface area (Å²) in [6.07, 6.45) is 3.29. The van der Waals surface area contributed by atoms with E-state index >= 15 is 0 Å². The Balaban J connectivity index is 2.27. The molecule has 20 heavy (non-hydrogen) atoms. The smallest absolute Gasteiger partial charge is 0.305 e.